The molecule has 1 aromatic carbocycles. The number of aryl methyl sites for hydroxylation is 1. The van der Waals surface area contributed by atoms with Crippen molar-refractivity contribution in [2.24, 2.45) is 0 Å². The Morgan fingerprint density at radius 1 is 1.25 bits per heavy atom. The standard InChI is InChI=1S/C19H21N3O2/c1-13-3-5-15(6-4-13)12-22-10-9-17(19(22)24)21-18-8-7-16(11-20-18)14(2)23/h3-8,11,17H,9-10,12H2,1-2H3,(H,20,21). The second kappa shape index (κ2) is 6.83. The Hall–Kier alpha value is -2.69. The SMILES string of the molecule is CC(=O)c1ccc(NC2CCN(Cc3ccc(C)cc3)C2=O)nc1. The number of aromatic nitrogens is 1. The Morgan fingerprint density at radius 3 is 2.62 bits per heavy atom. The van der Waals surface area contributed by atoms with E-state index in [-0.39, 0.29) is 17.7 Å². The highest BCUT2D eigenvalue weighted by Gasteiger charge is 2.31. The van der Waals surface area contributed by atoms with E-state index >= 15 is 0 Å². The summed E-state index contributed by atoms with van der Waals surface area (Å²) in [6.45, 7) is 4.92. The van der Waals surface area contributed by atoms with Gasteiger partial charge in [0.1, 0.15) is 11.9 Å². The van der Waals surface area contributed by atoms with Gasteiger partial charge in [0.2, 0.25) is 5.91 Å². The van der Waals surface area contributed by atoms with Gasteiger partial charge in [-0.2, -0.15) is 0 Å². The van der Waals surface area contributed by atoms with Gasteiger partial charge >= 0.3 is 0 Å². The minimum Gasteiger partial charge on any atom is -0.358 e. The van der Waals surface area contributed by atoms with Crippen LogP contribution in [0.2, 0.25) is 0 Å². The third kappa shape index (κ3) is 3.62. The first kappa shape index (κ1) is 16.2. The average molecular weight is 323 g/mol. The number of ketones is 1. The van der Waals surface area contributed by atoms with Crippen molar-refractivity contribution in [3.8, 4) is 0 Å². The van der Waals surface area contributed by atoms with Gasteiger partial charge in [0.25, 0.3) is 0 Å². The van der Waals surface area contributed by atoms with Crippen LogP contribution in [0.1, 0.15) is 34.8 Å². The zero-order chi connectivity index (χ0) is 17.1. The molecule has 1 N–H and O–H groups in total. The second-order valence-corrected chi connectivity index (χ2v) is 6.22. The Labute approximate surface area is 141 Å². The number of hydrogen-bond donors (Lipinski definition) is 1. The molecule has 1 aromatic heterocycles. The molecule has 2 heterocycles. The van der Waals surface area contributed by atoms with Crippen LogP contribution in [0.5, 0.6) is 0 Å². The van der Waals surface area contributed by atoms with Crippen molar-refractivity contribution < 1.29 is 9.59 Å². The molecule has 0 spiro atoms. The van der Waals surface area contributed by atoms with Crippen molar-refractivity contribution in [3.05, 3.63) is 59.3 Å². The monoisotopic (exact) mass is 323 g/mol. The van der Waals surface area contributed by atoms with Crippen LogP contribution in [0, 0.1) is 6.92 Å². The van der Waals surface area contributed by atoms with Crippen LogP contribution in [0.15, 0.2) is 42.6 Å². The number of likely N-dealkylation sites (tertiary alicyclic amines) is 1. The third-order valence-corrected chi connectivity index (χ3v) is 4.28. The predicted molar refractivity (Wildman–Crippen MR) is 92.9 cm³/mol. The normalized spacial score (nSPS) is 17.2. The van der Waals surface area contributed by atoms with E-state index in [1.165, 1.54) is 18.7 Å². The highest BCUT2D eigenvalue weighted by atomic mass is 16.2. The van der Waals surface area contributed by atoms with E-state index in [9.17, 15) is 9.59 Å². The van der Waals surface area contributed by atoms with Crippen LogP contribution in [0.3, 0.4) is 0 Å². The summed E-state index contributed by atoms with van der Waals surface area (Å²) < 4.78 is 0. The summed E-state index contributed by atoms with van der Waals surface area (Å²) in [6, 6.07) is 11.5. The van der Waals surface area contributed by atoms with Crippen LogP contribution in [-0.4, -0.2) is 34.2 Å². The van der Waals surface area contributed by atoms with E-state index in [1.807, 2.05) is 4.90 Å². The van der Waals surface area contributed by atoms with E-state index in [2.05, 4.69) is 41.5 Å². The topological polar surface area (TPSA) is 62.3 Å². The number of benzene rings is 1. The number of Topliss-reactive ketones (excluding diaryl/α,β-unsaturated/α-hetero) is 1. The van der Waals surface area contributed by atoms with Crippen LogP contribution < -0.4 is 5.32 Å². The highest BCUT2D eigenvalue weighted by Crippen LogP contribution is 2.19. The summed E-state index contributed by atoms with van der Waals surface area (Å²) >= 11 is 0. The van der Waals surface area contributed by atoms with Gasteiger partial charge in [-0.25, -0.2) is 4.98 Å². The number of hydrogen-bond acceptors (Lipinski definition) is 4. The number of anilines is 1. The van der Waals surface area contributed by atoms with Crippen LogP contribution in [0.25, 0.3) is 0 Å². The first-order valence-electron chi connectivity index (χ1n) is 8.11. The van der Waals surface area contributed by atoms with E-state index in [4.69, 9.17) is 0 Å². The van der Waals surface area contributed by atoms with E-state index in [0.29, 0.717) is 17.9 Å². The predicted octanol–water partition coefficient (Wildman–Crippen LogP) is 2.81. The number of amides is 1. The van der Waals surface area contributed by atoms with Crippen molar-refractivity contribution in [2.75, 3.05) is 11.9 Å². The van der Waals surface area contributed by atoms with E-state index in [0.717, 1.165) is 18.5 Å². The molecule has 5 heteroatoms. The fourth-order valence-electron chi connectivity index (χ4n) is 2.81. The maximum Gasteiger partial charge on any atom is 0.245 e. The van der Waals surface area contributed by atoms with Crippen LogP contribution in [0.4, 0.5) is 5.82 Å². The highest BCUT2D eigenvalue weighted by molar-refractivity contribution is 5.94. The maximum absolute atomic E-state index is 12.5. The lowest BCUT2D eigenvalue weighted by Gasteiger charge is -2.17. The first-order chi connectivity index (χ1) is 11.5. The molecule has 1 aliphatic heterocycles. The number of nitrogens with one attached hydrogen (secondary N) is 1. The smallest absolute Gasteiger partial charge is 0.245 e. The van der Waals surface area contributed by atoms with Gasteiger partial charge in [-0.15, -0.1) is 0 Å². The molecule has 0 saturated carbocycles. The molecule has 1 unspecified atom stereocenters. The summed E-state index contributed by atoms with van der Waals surface area (Å²) in [4.78, 5) is 29.9. The van der Waals surface area contributed by atoms with Crippen molar-refractivity contribution in [1.82, 2.24) is 9.88 Å². The summed E-state index contributed by atoms with van der Waals surface area (Å²) in [6.07, 6.45) is 2.29. The van der Waals surface area contributed by atoms with Crippen LogP contribution in [-0.2, 0) is 11.3 Å². The minimum absolute atomic E-state index is 0.0183. The molecule has 5 nitrogen and oxygen atoms in total. The molecule has 124 valence electrons. The van der Waals surface area contributed by atoms with E-state index in [1.54, 1.807) is 12.1 Å². The van der Waals surface area contributed by atoms with Crippen molar-refractivity contribution >= 4 is 17.5 Å². The maximum atomic E-state index is 12.5. The molecule has 1 amide bonds. The minimum atomic E-state index is -0.258. The lowest BCUT2D eigenvalue weighted by Crippen LogP contribution is -2.33. The molecule has 2 aromatic rings. The molecule has 1 aliphatic rings. The number of carbonyl (C=O) groups excluding carboxylic acids is 2. The first-order valence-corrected chi connectivity index (χ1v) is 8.11. The fourth-order valence-corrected chi connectivity index (χ4v) is 2.81. The molecule has 1 atom stereocenters. The van der Waals surface area contributed by atoms with Gasteiger partial charge in [0, 0.05) is 24.8 Å². The molecule has 0 radical (unpaired) electrons. The Bertz CT molecular complexity index is 738. The van der Waals surface area contributed by atoms with Crippen LogP contribution >= 0.6 is 0 Å². The quantitative estimate of drug-likeness (QED) is 0.860. The zero-order valence-corrected chi connectivity index (χ0v) is 14.0. The number of carbonyl (C=O) groups is 2. The van der Waals surface area contributed by atoms with Gasteiger partial charge in [-0.1, -0.05) is 29.8 Å². The summed E-state index contributed by atoms with van der Waals surface area (Å²) in [5.74, 6) is 0.693. The van der Waals surface area contributed by atoms with Gasteiger partial charge in [0.15, 0.2) is 5.78 Å². The number of pyridine rings is 1. The summed E-state index contributed by atoms with van der Waals surface area (Å²) in [5.41, 5.74) is 2.92. The van der Waals surface area contributed by atoms with E-state index < -0.39 is 0 Å². The molecule has 0 bridgehead atoms. The third-order valence-electron chi connectivity index (χ3n) is 4.28. The molecule has 0 aliphatic carbocycles. The average Bonchev–Trinajstić information content (AvgIpc) is 2.91. The molecular weight excluding hydrogens is 302 g/mol. The molecule has 24 heavy (non-hydrogen) atoms. The molecule has 3 rings (SSSR count). The van der Waals surface area contributed by atoms with Gasteiger partial charge in [-0.05, 0) is 38.0 Å². The molecule has 1 saturated heterocycles. The molecule has 1 fully saturated rings. The van der Waals surface area contributed by atoms with Crippen molar-refractivity contribution in [3.63, 3.8) is 0 Å². The Morgan fingerprint density at radius 2 is 2.00 bits per heavy atom. The van der Waals surface area contributed by atoms with Crippen molar-refractivity contribution in [1.29, 1.82) is 0 Å². The largest absolute Gasteiger partial charge is 0.358 e. The fraction of sp³-hybridized carbons (Fsp3) is 0.316. The van der Waals surface area contributed by atoms with Crippen molar-refractivity contribution in [2.45, 2.75) is 32.9 Å². The summed E-state index contributed by atoms with van der Waals surface area (Å²) in [5, 5.41) is 3.17. The lowest BCUT2D eigenvalue weighted by molar-refractivity contribution is -0.128. The number of nitrogens with zero attached hydrogens (tertiary/aromatic N) is 2. The van der Waals surface area contributed by atoms with Gasteiger partial charge in [-0.3, -0.25) is 9.59 Å². The zero-order valence-electron chi connectivity index (χ0n) is 14.0. The van der Waals surface area contributed by atoms with Gasteiger partial charge < -0.3 is 10.2 Å². The Kier molecular flexibility index (Phi) is 4.60. The Balaban J connectivity index is 1.61. The summed E-state index contributed by atoms with van der Waals surface area (Å²) in [7, 11) is 0. The number of rotatable bonds is 5. The van der Waals surface area contributed by atoms with Gasteiger partial charge in [0.05, 0.1) is 0 Å². The second-order valence-electron chi connectivity index (χ2n) is 6.22. The molecular formula is C19H21N3O2. The lowest BCUT2D eigenvalue weighted by atomic mass is 10.1.